The van der Waals surface area contributed by atoms with Gasteiger partial charge in [-0.2, -0.15) is 0 Å². The smallest absolute Gasteiger partial charge is 0.356 e. The van der Waals surface area contributed by atoms with Gasteiger partial charge in [0.15, 0.2) is 5.34 Å². The van der Waals surface area contributed by atoms with Crippen LogP contribution in [0, 0.1) is 0 Å². The number of hydrogen-bond acceptors (Lipinski definition) is 4. The minimum absolute atomic E-state index is 0.385. The van der Waals surface area contributed by atoms with Crippen LogP contribution in [0.2, 0.25) is 0 Å². The van der Waals surface area contributed by atoms with Crippen LogP contribution < -0.4 is 0 Å². The zero-order valence-electron chi connectivity index (χ0n) is 7.70. The molecule has 0 saturated carbocycles. The van der Waals surface area contributed by atoms with Gasteiger partial charge in [-0.25, -0.2) is 0 Å². The Bertz CT molecular complexity index is 190. The van der Waals surface area contributed by atoms with Gasteiger partial charge in [0.1, 0.15) is 0 Å². The third kappa shape index (κ3) is 1.72. The Morgan fingerprint density at radius 3 is 2.08 bits per heavy atom. The molecule has 0 spiro atoms. The maximum atomic E-state index is 11.9. The molecule has 1 aliphatic heterocycles. The Morgan fingerprint density at radius 2 is 1.83 bits per heavy atom. The van der Waals surface area contributed by atoms with E-state index in [2.05, 4.69) is 0 Å². The predicted octanol–water partition coefficient (Wildman–Crippen LogP) is 2.00. The summed E-state index contributed by atoms with van der Waals surface area (Å²) in [5, 5.41) is -0.682. The van der Waals surface area contributed by atoms with Gasteiger partial charge in [0.05, 0.1) is 19.8 Å². The molecule has 1 saturated heterocycles. The summed E-state index contributed by atoms with van der Waals surface area (Å²) in [5.41, 5.74) is 0. The SMILES string of the molecule is CCOP(=O)(OCC)[C@]1(C)CO1. The summed E-state index contributed by atoms with van der Waals surface area (Å²) >= 11 is 0. The van der Waals surface area contributed by atoms with Crippen molar-refractivity contribution in [1.82, 2.24) is 0 Å². The Kier molecular flexibility index (Phi) is 2.94. The molecule has 1 heterocycles. The molecule has 0 amide bonds. The van der Waals surface area contributed by atoms with Gasteiger partial charge in [0, 0.05) is 0 Å². The number of ether oxygens (including phenoxy) is 1. The summed E-state index contributed by atoms with van der Waals surface area (Å²) in [6.07, 6.45) is 0. The van der Waals surface area contributed by atoms with Gasteiger partial charge in [-0.15, -0.1) is 0 Å². The third-order valence-electron chi connectivity index (χ3n) is 1.74. The van der Waals surface area contributed by atoms with Crippen LogP contribution in [-0.4, -0.2) is 25.2 Å². The van der Waals surface area contributed by atoms with Crippen molar-refractivity contribution in [3.63, 3.8) is 0 Å². The van der Waals surface area contributed by atoms with Crippen molar-refractivity contribution >= 4 is 7.60 Å². The molecule has 0 aromatic carbocycles. The summed E-state index contributed by atoms with van der Waals surface area (Å²) in [5.74, 6) is 0. The molecule has 0 aliphatic carbocycles. The van der Waals surface area contributed by atoms with Crippen LogP contribution in [0.25, 0.3) is 0 Å². The fourth-order valence-electron chi connectivity index (χ4n) is 0.913. The quantitative estimate of drug-likeness (QED) is 0.496. The van der Waals surface area contributed by atoms with Gasteiger partial charge in [-0.05, 0) is 20.8 Å². The van der Waals surface area contributed by atoms with E-state index in [0.29, 0.717) is 19.8 Å². The van der Waals surface area contributed by atoms with Gasteiger partial charge in [-0.3, -0.25) is 4.57 Å². The standard InChI is InChI=1S/C7H15O4P/c1-4-10-12(8,11-5-2)7(3)6-9-7/h4-6H2,1-3H3/t7-/m1/s1. The lowest BCUT2D eigenvalue weighted by Crippen LogP contribution is -2.11. The normalized spacial score (nSPS) is 28.9. The van der Waals surface area contributed by atoms with E-state index in [-0.39, 0.29) is 0 Å². The zero-order chi connectivity index (χ0) is 9.24. The van der Waals surface area contributed by atoms with E-state index in [0.717, 1.165) is 0 Å². The van der Waals surface area contributed by atoms with Crippen molar-refractivity contribution in [2.75, 3.05) is 19.8 Å². The zero-order valence-corrected chi connectivity index (χ0v) is 8.60. The first-order valence-corrected chi connectivity index (χ1v) is 5.65. The topological polar surface area (TPSA) is 48.1 Å². The van der Waals surface area contributed by atoms with Crippen LogP contribution in [0.4, 0.5) is 0 Å². The molecule has 0 N–H and O–H groups in total. The Balaban J connectivity index is 2.65. The highest BCUT2D eigenvalue weighted by Crippen LogP contribution is 2.66. The average Bonchev–Trinajstić information content (AvgIpc) is 2.70. The van der Waals surface area contributed by atoms with Crippen molar-refractivity contribution in [2.24, 2.45) is 0 Å². The van der Waals surface area contributed by atoms with E-state index in [1.807, 2.05) is 0 Å². The molecule has 5 heteroatoms. The fourth-order valence-corrected chi connectivity index (χ4v) is 2.59. The van der Waals surface area contributed by atoms with E-state index < -0.39 is 12.9 Å². The van der Waals surface area contributed by atoms with Crippen molar-refractivity contribution in [2.45, 2.75) is 26.1 Å². The Hall–Kier alpha value is 0.110. The first-order chi connectivity index (χ1) is 5.58. The van der Waals surface area contributed by atoms with E-state index in [9.17, 15) is 4.57 Å². The summed E-state index contributed by atoms with van der Waals surface area (Å²) in [4.78, 5) is 0. The van der Waals surface area contributed by atoms with Crippen LogP contribution in [0.5, 0.6) is 0 Å². The highest BCUT2D eigenvalue weighted by atomic mass is 31.2. The lowest BCUT2D eigenvalue weighted by molar-refractivity contribution is 0.191. The molecule has 1 rings (SSSR count). The molecule has 0 aromatic heterocycles. The Morgan fingerprint density at radius 1 is 1.42 bits per heavy atom. The minimum atomic E-state index is -3.01. The van der Waals surface area contributed by atoms with Gasteiger partial charge >= 0.3 is 7.60 Å². The maximum Gasteiger partial charge on any atom is 0.364 e. The lowest BCUT2D eigenvalue weighted by Gasteiger charge is -2.19. The van der Waals surface area contributed by atoms with E-state index >= 15 is 0 Å². The van der Waals surface area contributed by atoms with Crippen molar-refractivity contribution in [3.8, 4) is 0 Å². The third-order valence-corrected chi connectivity index (χ3v) is 4.35. The monoisotopic (exact) mass is 194 g/mol. The first-order valence-electron chi connectivity index (χ1n) is 4.11. The molecular formula is C7H15O4P. The molecule has 72 valence electrons. The van der Waals surface area contributed by atoms with Crippen LogP contribution >= 0.6 is 7.60 Å². The first kappa shape index (κ1) is 10.2. The van der Waals surface area contributed by atoms with Gasteiger partial charge < -0.3 is 13.8 Å². The summed E-state index contributed by atoms with van der Waals surface area (Å²) in [6.45, 7) is 6.56. The van der Waals surface area contributed by atoms with Crippen molar-refractivity contribution < 1.29 is 18.3 Å². The fraction of sp³-hybridized carbons (Fsp3) is 1.00. The molecular weight excluding hydrogens is 179 g/mol. The summed E-state index contributed by atoms with van der Waals surface area (Å²) in [6, 6.07) is 0. The molecule has 1 atom stereocenters. The van der Waals surface area contributed by atoms with E-state index in [1.54, 1.807) is 20.8 Å². The highest BCUT2D eigenvalue weighted by Gasteiger charge is 2.58. The maximum absolute atomic E-state index is 11.9. The molecule has 4 nitrogen and oxygen atoms in total. The summed E-state index contributed by atoms with van der Waals surface area (Å²) in [7, 11) is -3.01. The molecule has 12 heavy (non-hydrogen) atoms. The molecule has 0 bridgehead atoms. The predicted molar refractivity (Wildman–Crippen MR) is 45.2 cm³/mol. The minimum Gasteiger partial charge on any atom is -0.356 e. The van der Waals surface area contributed by atoms with Crippen LogP contribution in [-0.2, 0) is 18.3 Å². The number of rotatable bonds is 5. The van der Waals surface area contributed by atoms with E-state index in [4.69, 9.17) is 13.8 Å². The van der Waals surface area contributed by atoms with Crippen LogP contribution in [0.15, 0.2) is 0 Å². The van der Waals surface area contributed by atoms with Crippen molar-refractivity contribution in [1.29, 1.82) is 0 Å². The summed E-state index contributed by atoms with van der Waals surface area (Å²) < 4.78 is 27.2. The van der Waals surface area contributed by atoms with Crippen molar-refractivity contribution in [3.05, 3.63) is 0 Å². The molecule has 0 unspecified atom stereocenters. The molecule has 1 aliphatic rings. The van der Waals surface area contributed by atoms with E-state index in [1.165, 1.54) is 0 Å². The average molecular weight is 194 g/mol. The van der Waals surface area contributed by atoms with Gasteiger partial charge in [0.25, 0.3) is 0 Å². The highest BCUT2D eigenvalue weighted by molar-refractivity contribution is 7.55. The number of hydrogen-bond donors (Lipinski definition) is 0. The second-order valence-corrected chi connectivity index (χ2v) is 5.25. The molecule has 1 fully saturated rings. The van der Waals surface area contributed by atoms with Crippen LogP contribution in [0.3, 0.4) is 0 Å². The second-order valence-electron chi connectivity index (χ2n) is 2.80. The Labute approximate surface area is 72.7 Å². The number of epoxide rings is 1. The second kappa shape index (κ2) is 3.46. The molecule has 0 radical (unpaired) electrons. The van der Waals surface area contributed by atoms with Gasteiger partial charge in [-0.1, -0.05) is 0 Å². The lowest BCUT2D eigenvalue weighted by atomic mass is 10.6. The van der Waals surface area contributed by atoms with Gasteiger partial charge in [0.2, 0.25) is 0 Å². The largest absolute Gasteiger partial charge is 0.364 e. The molecule has 0 aromatic rings. The van der Waals surface area contributed by atoms with Crippen LogP contribution in [0.1, 0.15) is 20.8 Å².